The van der Waals surface area contributed by atoms with E-state index in [0.29, 0.717) is 0 Å². The Bertz CT molecular complexity index is 1880. The molecule has 35 atom stereocenters. The molecule has 0 amide bonds. The van der Waals surface area contributed by atoms with Crippen molar-refractivity contribution in [1.82, 2.24) is 0 Å². The second kappa shape index (κ2) is 22.0. The largest absolute Gasteiger partial charge is 0.394 e. The summed E-state index contributed by atoms with van der Waals surface area (Å²) in [6.07, 6.45) is -51.3. The predicted molar refractivity (Wildman–Crippen MR) is 218 cm³/mol. The molecule has 424 valence electrons. The number of hydrogen-bond donors (Lipinski definition) is 15. The summed E-state index contributed by atoms with van der Waals surface area (Å²) in [6.45, 7) is -2.97. The molecule has 32 nitrogen and oxygen atoms in total. The number of ether oxygens (including phenoxy) is 17. The lowest BCUT2D eigenvalue weighted by Crippen LogP contribution is -2.66. The van der Waals surface area contributed by atoms with Gasteiger partial charge in [-0.05, 0) is 0 Å². The molecule has 0 saturated carbocycles. The molecule has 0 aromatic heterocycles. The van der Waals surface area contributed by atoms with Gasteiger partial charge in [0.05, 0.1) is 46.2 Å². The standard InChI is InChI=1S/C42H64O32/c43-1-8-15(46)30(72-37-20(51)29-18(49)11(66-37)4-58-29)21(52)39(64-8)70-27-13-6-60-34(27)25(56)42(68-13)74-32-17(48)10(3-45)65-40(23(32)54)71-28-14-7-61-35(28)24(55)41(67-14)73-31-16(47)9(2-44)63-38(22(31)53)69-26-12-5-59-33(26)19(50)36(57)62-12/h8-57H,1-7H2/t8-,9-,10-,11+,12+,13+,14+,15+,16+,17+,18-,19+,20+,21-,22-,23-,24+,25+,26-,27-,28-,29-,30+,31+,32+,33+,34+,35+,36-,37+,38+,39+,40+,41+,42+/m1/s1. The molecule has 0 unspecified atom stereocenters. The summed E-state index contributed by atoms with van der Waals surface area (Å²) in [5.41, 5.74) is 0. The van der Waals surface area contributed by atoms with Crippen molar-refractivity contribution in [2.45, 2.75) is 215 Å². The Labute approximate surface area is 417 Å². The molecule has 0 aromatic carbocycles. The van der Waals surface area contributed by atoms with E-state index in [9.17, 15) is 76.6 Å². The highest BCUT2D eigenvalue weighted by atomic mass is 16.8. The van der Waals surface area contributed by atoms with E-state index in [2.05, 4.69) is 0 Å². The van der Waals surface area contributed by atoms with E-state index in [0.717, 1.165) is 0 Å². The highest BCUT2D eigenvalue weighted by Crippen LogP contribution is 2.42. The molecule has 8 bridgehead atoms. The van der Waals surface area contributed by atoms with Crippen LogP contribution in [-0.4, -0.2) is 338 Å². The molecule has 74 heavy (non-hydrogen) atoms. The van der Waals surface area contributed by atoms with Gasteiger partial charge in [0.15, 0.2) is 44.0 Å². The van der Waals surface area contributed by atoms with Crippen molar-refractivity contribution in [3.05, 3.63) is 0 Å². The zero-order chi connectivity index (χ0) is 52.2. The summed E-state index contributed by atoms with van der Waals surface area (Å²) in [6, 6.07) is 0. The first-order valence-corrected chi connectivity index (χ1v) is 24.5. The van der Waals surface area contributed by atoms with Crippen LogP contribution in [0.25, 0.3) is 0 Å². The predicted octanol–water partition coefficient (Wildman–Crippen LogP) is -12.1. The van der Waals surface area contributed by atoms with Crippen molar-refractivity contribution >= 4 is 0 Å². The minimum Gasteiger partial charge on any atom is -0.394 e. The molecule has 11 aliphatic rings. The van der Waals surface area contributed by atoms with Crippen molar-refractivity contribution in [1.29, 1.82) is 0 Å². The van der Waals surface area contributed by atoms with Crippen LogP contribution in [0.3, 0.4) is 0 Å². The zero-order valence-electron chi connectivity index (χ0n) is 38.8. The Morgan fingerprint density at radius 2 is 0.554 bits per heavy atom. The van der Waals surface area contributed by atoms with Crippen molar-refractivity contribution in [3.8, 4) is 0 Å². The van der Waals surface area contributed by atoms with Gasteiger partial charge in [0.25, 0.3) is 0 Å². The number of fused-ring (bicyclic) bond motifs is 8. The fraction of sp³-hybridized carbons (Fsp3) is 1.00. The van der Waals surface area contributed by atoms with Gasteiger partial charge in [-0.15, -0.1) is 0 Å². The summed E-state index contributed by atoms with van der Waals surface area (Å²) < 4.78 is 98.3. The first-order valence-electron chi connectivity index (χ1n) is 24.5. The first kappa shape index (κ1) is 54.7. The average Bonchev–Trinajstić information content (AvgIpc) is 4.08. The topological polar surface area (TPSA) is 460 Å². The maximum atomic E-state index is 11.7. The van der Waals surface area contributed by atoms with Gasteiger partial charge in [-0.2, -0.15) is 0 Å². The molecule has 32 heteroatoms. The van der Waals surface area contributed by atoms with E-state index in [1.54, 1.807) is 0 Å². The Kier molecular flexibility index (Phi) is 16.2. The van der Waals surface area contributed by atoms with Crippen molar-refractivity contribution in [2.24, 2.45) is 0 Å². The van der Waals surface area contributed by atoms with Crippen LogP contribution < -0.4 is 0 Å². The first-order chi connectivity index (χ1) is 35.5. The molecular weight excluding hydrogens is 1020 g/mol. The van der Waals surface area contributed by atoms with Crippen LogP contribution in [-0.2, 0) is 80.5 Å². The lowest BCUT2D eigenvalue weighted by Gasteiger charge is -2.48. The van der Waals surface area contributed by atoms with Crippen molar-refractivity contribution < 1.29 is 157 Å². The van der Waals surface area contributed by atoms with Crippen LogP contribution in [0.1, 0.15) is 0 Å². The summed E-state index contributed by atoms with van der Waals surface area (Å²) in [4.78, 5) is 0. The zero-order valence-corrected chi connectivity index (χ0v) is 38.8. The van der Waals surface area contributed by atoms with Crippen LogP contribution in [0.15, 0.2) is 0 Å². The fourth-order valence-electron chi connectivity index (χ4n) is 11.5. The average molecular weight is 1080 g/mol. The number of hydrogen-bond acceptors (Lipinski definition) is 32. The van der Waals surface area contributed by atoms with Crippen molar-refractivity contribution in [3.63, 3.8) is 0 Å². The highest BCUT2D eigenvalue weighted by Gasteiger charge is 2.62. The maximum Gasteiger partial charge on any atom is 0.187 e. The van der Waals surface area contributed by atoms with Crippen molar-refractivity contribution in [2.75, 3.05) is 46.2 Å². The third kappa shape index (κ3) is 9.65. The number of aliphatic hydroxyl groups is 15. The molecule has 0 spiro atoms. The molecule has 11 fully saturated rings. The lowest BCUT2D eigenvalue weighted by molar-refractivity contribution is -0.382. The van der Waals surface area contributed by atoms with Crippen LogP contribution in [0.5, 0.6) is 0 Å². The smallest absolute Gasteiger partial charge is 0.187 e. The Morgan fingerprint density at radius 1 is 0.270 bits per heavy atom. The van der Waals surface area contributed by atoms with Gasteiger partial charge in [0.1, 0.15) is 171 Å². The van der Waals surface area contributed by atoms with Crippen LogP contribution in [0.4, 0.5) is 0 Å². The molecule has 0 aromatic rings. The van der Waals surface area contributed by atoms with E-state index in [1.165, 1.54) is 0 Å². The van der Waals surface area contributed by atoms with Crippen LogP contribution in [0, 0.1) is 0 Å². The fourth-order valence-corrected chi connectivity index (χ4v) is 11.5. The van der Waals surface area contributed by atoms with Gasteiger partial charge in [-0.3, -0.25) is 0 Å². The van der Waals surface area contributed by atoms with Gasteiger partial charge in [0.2, 0.25) is 0 Å². The summed E-state index contributed by atoms with van der Waals surface area (Å²) in [7, 11) is 0. The highest BCUT2D eigenvalue weighted by molar-refractivity contribution is 5.04. The van der Waals surface area contributed by atoms with E-state index in [1.807, 2.05) is 0 Å². The Hall–Kier alpha value is -1.28. The summed E-state index contributed by atoms with van der Waals surface area (Å²) in [5.74, 6) is 0. The second-order valence-electron chi connectivity index (χ2n) is 20.1. The number of rotatable bonds is 15. The van der Waals surface area contributed by atoms with E-state index < -0.39 is 235 Å². The van der Waals surface area contributed by atoms with E-state index >= 15 is 0 Å². The minimum atomic E-state index is -1.91. The Morgan fingerprint density at radius 3 is 0.932 bits per heavy atom. The lowest BCUT2D eigenvalue weighted by atomic mass is 9.96. The van der Waals surface area contributed by atoms with E-state index in [-0.39, 0.29) is 26.4 Å². The monoisotopic (exact) mass is 1080 g/mol. The second-order valence-corrected chi connectivity index (χ2v) is 20.1. The molecular formula is C42H64O32. The number of aliphatic hydroxyl groups excluding tert-OH is 15. The molecule has 11 saturated heterocycles. The summed E-state index contributed by atoms with van der Waals surface area (Å²) in [5, 5.41) is 163. The van der Waals surface area contributed by atoms with Gasteiger partial charge in [-0.25, -0.2) is 0 Å². The molecule has 0 aliphatic carbocycles. The van der Waals surface area contributed by atoms with Gasteiger partial charge >= 0.3 is 0 Å². The Balaban J connectivity index is 0.716. The van der Waals surface area contributed by atoms with Gasteiger partial charge < -0.3 is 157 Å². The quantitative estimate of drug-likeness (QED) is 0.0724. The molecule has 11 rings (SSSR count). The molecule has 11 aliphatic heterocycles. The minimum absolute atomic E-state index is 0.0490. The molecule has 0 radical (unpaired) electrons. The van der Waals surface area contributed by atoms with Crippen LogP contribution in [0.2, 0.25) is 0 Å². The van der Waals surface area contributed by atoms with Crippen LogP contribution >= 0.6 is 0 Å². The third-order valence-corrected chi connectivity index (χ3v) is 15.5. The third-order valence-electron chi connectivity index (χ3n) is 15.5. The molecule has 15 N–H and O–H groups in total. The maximum absolute atomic E-state index is 11.7. The normalized spacial score (nSPS) is 58.0. The summed E-state index contributed by atoms with van der Waals surface area (Å²) >= 11 is 0. The van der Waals surface area contributed by atoms with Gasteiger partial charge in [-0.1, -0.05) is 0 Å². The van der Waals surface area contributed by atoms with Gasteiger partial charge in [0, 0.05) is 0 Å². The SMILES string of the molecule is OC[C@H]1O[C@@H](O[C@H]2[C@H]3OC[C@@H]2O[C@@H](O[C@H]2[C@@H](O)[C@@H](CO)O[C@@H](O[C@H]4[C@H]5OC[C@@H]4O[C@@H](O[C@H]4[C@@H](O)[C@@H](CO)O[C@@H](O[C@H]6[C@H]7OC[C@@H]6O[C@@H](O)[C@H]7O)[C@@H]4O)[C@H]5O)[C@@H]2O)[C@H]3O)[C@H](O)[C@@H](O[C@@H]2O[C@H]3CO[C@@H]([C@@H]2O)[C@@H]3O)[C@H]1O. The molecule has 11 heterocycles. The van der Waals surface area contributed by atoms with E-state index in [4.69, 9.17) is 80.5 Å².